The molecule has 3 rings (SSSR count). The third-order valence-electron chi connectivity index (χ3n) is 4.65. The first kappa shape index (κ1) is 18.8. The minimum absolute atomic E-state index is 0. The highest BCUT2D eigenvalue weighted by molar-refractivity contribution is 14.0. The van der Waals surface area contributed by atoms with Gasteiger partial charge >= 0.3 is 0 Å². The number of aliphatic imine (C=N–C) groups is 1. The number of benzene rings is 1. The number of nitrogens with zero attached hydrogens (tertiary/aromatic N) is 3. The second-order valence-corrected chi connectivity index (χ2v) is 7.24. The molecule has 128 valence electrons. The number of guanidine groups is 1. The molecule has 2 heterocycles. The molecule has 1 aromatic rings. The molecule has 2 saturated heterocycles. The number of rotatable bonds is 3. The first-order valence-electron chi connectivity index (χ1n) is 8.28. The van der Waals surface area contributed by atoms with Crippen molar-refractivity contribution in [3.05, 3.63) is 28.7 Å². The first-order valence-corrected chi connectivity index (χ1v) is 9.07. The average molecular weight is 493 g/mol. The summed E-state index contributed by atoms with van der Waals surface area (Å²) in [5.74, 6) is 1.36. The lowest BCUT2D eigenvalue weighted by Crippen LogP contribution is -2.41. The summed E-state index contributed by atoms with van der Waals surface area (Å²) >= 11 is 3.55. The van der Waals surface area contributed by atoms with Gasteiger partial charge in [-0.05, 0) is 49.8 Å². The van der Waals surface area contributed by atoms with Gasteiger partial charge in [-0.15, -0.1) is 24.0 Å². The number of halogens is 2. The van der Waals surface area contributed by atoms with Gasteiger partial charge < -0.3 is 15.5 Å². The van der Waals surface area contributed by atoms with Crippen LogP contribution < -0.4 is 10.6 Å². The van der Waals surface area contributed by atoms with Crippen LogP contribution in [0.3, 0.4) is 0 Å². The van der Waals surface area contributed by atoms with E-state index >= 15 is 0 Å². The maximum Gasteiger partial charge on any atom is 0.191 e. The third-order valence-corrected chi connectivity index (χ3v) is 5.14. The van der Waals surface area contributed by atoms with Crippen molar-refractivity contribution < 1.29 is 0 Å². The molecule has 6 heteroatoms. The minimum Gasteiger partial charge on any atom is -0.371 e. The first-order chi connectivity index (χ1) is 10.7. The second-order valence-electron chi connectivity index (χ2n) is 6.33. The number of nitrogens with two attached hydrogens (primary N) is 1. The molecule has 0 aromatic heterocycles. The minimum atomic E-state index is 0. The summed E-state index contributed by atoms with van der Waals surface area (Å²) in [4.78, 5) is 9.35. The van der Waals surface area contributed by atoms with Crippen LogP contribution in [0, 0.1) is 5.92 Å². The molecule has 0 aliphatic carbocycles. The van der Waals surface area contributed by atoms with Crippen LogP contribution in [0.4, 0.5) is 5.69 Å². The van der Waals surface area contributed by atoms with Crippen LogP contribution >= 0.6 is 39.9 Å². The van der Waals surface area contributed by atoms with Crippen molar-refractivity contribution in [2.45, 2.75) is 25.7 Å². The largest absolute Gasteiger partial charge is 0.371 e. The van der Waals surface area contributed by atoms with E-state index in [0.717, 1.165) is 43.2 Å². The second kappa shape index (κ2) is 9.11. The molecule has 4 nitrogen and oxygen atoms in total. The zero-order chi connectivity index (χ0) is 15.4. The van der Waals surface area contributed by atoms with Crippen LogP contribution in [0.25, 0.3) is 0 Å². The monoisotopic (exact) mass is 492 g/mol. The van der Waals surface area contributed by atoms with Gasteiger partial charge in [0.2, 0.25) is 0 Å². The van der Waals surface area contributed by atoms with Crippen molar-refractivity contribution in [3.8, 4) is 0 Å². The Morgan fingerprint density at radius 3 is 2.74 bits per heavy atom. The maximum atomic E-state index is 6.15. The molecule has 0 amide bonds. The molecule has 0 saturated carbocycles. The van der Waals surface area contributed by atoms with E-state index < -0.39 is 0 Å². The van der Waals surface area contributed by atoms with Crippen molar-refractivity contribution in [3.63, 3.8) is 0 Å². The quantitative estimate of drug-likeness (QED) is 0.397. The van der Waals surface area contributed by atoms with Crippen LogP contribution in [-0.4, -0.2) is 43.6 Å². The normalized spacial score (nSPS) is 22.1. The van der Waals surface area contributed by atoms with Gasteiger partial charge in [-0.25, -0.2) is 0 Å². The standard InChI is InChI=1S/C17H25BrN4.HI/c18-15-5-4-6-16(11-15)22-10-7-14(13-22)12-20-17(19)21-8-2-1-3-9-21;/h4-6,11,14H,1-3,7-10,12-13H2,(H2,19,20);1H. The molecule has 2 aliphatic rings. The van der Waals surface area contributed by atoms with Crippen LogP contribution in [-0.2, 0) is 0 Å². The molecule has 0 spiro atoms. The molecule has 1 atom stereocenters. The van der Waals surface area contributed by atoms with E-state index in [9.17, 15) is 0 Å². The molecule has 0 bridgehead atoms. The Bertz CT molecular complexity index is 531. The number of anilines is 1. The number of likely N-dealkylation sites (tertiary alicyclic amines) is 1. The van der Waals surface area contributed by atoms with Crippen molar-refractivity contribution in [1.29, 1.82) is 0 Å². The molecule has 0 radical (unpaired) electrons. The molecule has 2 N–H and O–H groups in total. The Labute approximate surface area is 164 Å². The number of piperidine rings is 1. The summed E-state index contributed by atoms with van der Waals surface area (Å²) < 4.78 is 1.14. The van der Waals surface area contributed by atoms with E-state index in [1.54, 1.807) is 0 Å². The number of hydrogen-bond donors (Lipinski definition) is 1. The maximum absolute atomic E-state index is 6.15. The van der Waals surface area contributed by atoms with E-state index in [1.165, 1.54) is 31.4 Å². The summed E-state index contributed by atoms with van der Waals surface area (Å²) in [6.45, 7) is 5.19. The Kier molecular flexibility index (Phi) is 7.46. The number of hydrogen-bond acceptors (Lipinski definition) is 2. The summed E-state index contributed by atoms with van der Waals surface area (Å²) in [7, 11) is 0. The van der Waals surface area contributed by atoms with E-state index in [0.29, 0.717) is 5.92 Å². The van der Waals surface area contributed by atoms with Gasteiger partial charge in [0.1, 0.15) is 0 Å². The SMILES string of the molecule is I.NC(=NCC1CCN(c2cccc(Br)c2)C1)N1CCCCC1. The van der Waals surface area contributed by atoms with Gasteiger partial charge in [-0.2, -0.15) is 0 Å². The topological polar surface area (TPSA) is 44.9 Å². The highest BCUT2D eigenvalue weighted by Gasteiger charge is 2.23. The highest BCUT2D eigenvalue weighted by atomic mass is 127. The van der Waals surface area contributed by atoms with E-state index in [1.807, 2.05) is 0 Å². The van der Waals surface area contributed by atoms with Crippen molar-refractivity contribution in [1.82, 2.24) is 4.90 Å². The molecular formula is C17H26BrIN4. The average Bonchev–Trinajstić information content (AvgIpc) is 3.02. The van der Waals surface area contributed by atoms with Crippen molar-refractivity contribution in [2.75, 3.05) is 37.6 Å². The van der Waals surface area contributed by atoms with Gasteiger partial charge in [0.05, 0.1) is 0 Å². The molecule has 1 unspecified atom stereocenters. The Hall–Kier alpha value is -0.500. The Balaban J connectivity index is 0.00000192. The van der Waals surface area contributed by atoms with Crippen LogP contribution in [0.5, 0.6) is 0 Å². The lowest BCUT2D eigenvalue weighted by Gasteiger charge is -2.27. The zero-order valence-corrected chi connectivity index (χ0v) is 17.4. The van der Waals surface area contributed by atoms with Crippen molar-refractivity contribution in [2.24, 2.45) is 16.6 Å². The van der Waals surface area contributed by atoms with Crippen LogP contribution in [0.15, 0.2) is 33.7 Å². The zero-order valence-electron chi connectivity index (χ0n) is 13.5. The summed E-state index contributed by atoms with van der Waals surface area (Å²) in [5.41, 5.74) is 7.44. The summed E-state index contributed by atoms with van der Waals surface area (Å²) in [6.07, 6.45) is 5.02. The van der Waals surface area contributed by atoms with Gasteiger partial charge in [-0.3, -0.25) is 4.99 Å². The van der Waals surface area contributed by atoms with Crippen LogP contribution in [0.2, 0.25) is 0 Å². The summed E-state index contributed by atoms with van der Waals surface area (Å²) in [6, 6.07) is 8.53. The van der Waals surface area contributed by atoms with Gasteiger partial charge in [0, 0.05) is 42.9 Å². The van der Waals surface area contributed by atoms with Gasteiger partial charge in [-0.1, -0.05) is 22.0 Å². The lowest BCUT2D eigenvalue weighted by atomic mass is 10.1. The molecule has 23 heavy (non-hydrogen) atoms. The molecule has 1 aromatic carbocycles. The fourth-order valence-corrected chi connectivity index (χ4v) is 3.72. The Morgan fingerprint density at radius 1 is 1.22 bits per heavy atom. The molecule has 2 fully saturated rings. The smallest absolute Gasteiger partial charge is 0.191 e. The predicted molar refractivity (Wildman–Crippen MR) is 112 cm³/mol. The highest BCUT2D eigenvalue weighted by Crippen LogP contribution is 2.26. The fraction of sp³-hybridized carbons (Fsp3) is 0.588. The van der Waals surface area contributed by atoms with Gasteiger partial charge in [0.25, 0.3) is 0 Å². The van der Waals surface area contributed by atoms with E-state index in [2.05, 4.69) is 55.0 Å². The summed E-state index contributed by atoms with van der Waals surface area (Å²) in [5, 5.41) is 0. The predicted octanol–water partition coefficient (Wildman–Crippen LogP) is 3.69. The van der Waals surface area contributed by atoms with Crippen LogP contribution in [0.1, 0.15) is 25.7 Å². The third kappa shape index (κ3) is 5.24. The molecule has 2 aliphatic heterocycles. The lowest BCUT2D eigenvalue weighted by molar-refractivity contribution is 0.337. The molecular weight excluding hydrogens is 467 g/mol. The van der Waals surface area contributed by atoms with E-state index in [4.69, 9.17) is 5.73 Å². The van der Waals surface area contributed by atoms with Gasteiger partial charge in [0.15, 0.2) is 5.96 Å². The van der Waals surface area contributed by atoms with E-state index in [-0.39, 0.29) is 24.0 Å². The fourth-order valence-electron chi connectivity index (χ4n) is 3.33. The Morgan fingerprint density at radius 2 is 2.00 bits per heavy atom. The van der Waals surface area contributed by atoms with Crippen molar-refractivity contribution >= 4 is 51.6 Å².